The van der Waals surface area contributed by atoms with Crippen molar-refractivity contribution >= 4 is 11.8 Å². The van der Waals surface area contributed by atoms with E-state index in [1.807, 2.05) is 13.8 Å². The third kappa shape index (κ3) is 4.34. The molecule has 1 heterocycles. The number of likely N-dealkylation sites (tertiary alicyclic amines) is 1. The Morgan fingerprint density at radius 1 is 1.41 bits per heavy atom. The van der Waals surface area contributed by atoms with E-state index in [0.29, 0.717) is 19.6 Å². The van der Waals surface area contributed by atoms with E-state index < -0.39 is 0 Å². The minimum Gasteiger partial charge on any atom is -0.342 e. The molecule has 5 heteroatoms. The molecular weight excluding hydrogens is 220 g/mol. The van der Waals surface area contributed by atoms with Gasteiger partial charge in [0.05, 0.1) is 12.5 Å². The van der Waals surface area contributed by atoms with E-state index >= 15 is 0 Å². The van der Waals surface area contributed by atoms with E-state index in [4.69, 9.17) is 4.84 Å². The minimum absolute atomic E-state index is 0.110. The maximum Gasteiger partial charge on any atom is 0.248 e. The highest BCUT2D eigenvalue weighted by Gasteiger charge is 2.27. The zero-order valence-corrected chi connectivity index (χ0v) is 10.7. The fourth-order valence-corrected chi connectivity index (χ4v) is 2.02. The monoisotopic (exact) mass is 242 g/mol. The van der Waals surface area contributed by atoms with Gasteiger partial charge in [-0.25, -0.2) is 5.48 Å². The lowest BCUT2D eigenvalue weighted by atomic mass is 9.97. The summed E-state index contributed by atoms with van der Waals surface area (Å²) in [5, 5.41) is 0. The van der Waals surface area contributed by atoms with Crippen LogP contribution in [0.4, 0.5) is 0 Å². The summed E-state index contributed by atoms with van der Waals surface area (Å²) in [5.41, 5.74) is 2.42. The van der Waals surface area contributed by atoms with Crippen molar-refractivity contribution in [1.29, 1.82) is 0 Å². The van der Waals surface area contributed by atoms with Gasteiger partial charge in [-0.3, -0.25) is 14.4 Å². The van der Waals surface area contributed by atoms with Crippen LogP contribution in [-0.4, -0.2) is 36.4 Å². The van der Waals surface area contributed by atoms with Crippen molar-refractivity contribution in [2.75, 3.05) is 19.7 Å². The highest BCUT2D eigenvalue weighted by molar-refractivity contribution is 5.80. The van der Waals surface area contributed by atoms with Gasteiger partial charge < -0.3 is 4.90 Å². The zero-order chi connectivity index (χ0) is 12.7. The standard InChI is InChI=1S/C12H22N2O3/c1-3-6-11(15)14-8-5-7-10(9-14)12(16)13-17-4-2/h10H,3-9H2,1-2H3,(H,13,16). The van der Waals surface area contributed by atoms with Crippen molar-refractivity contribution in [3.8, 4) is 0 Å². The molecule has 0 aromatic heterocycles. The van der Waals surface area contributed by atoms with Gasteiger partial charge in [-0.1, -0.05) is 6.92 Å². The summed E-state index contributed by atoms with van der Waals surface area (Å²) in [6.45, 7) is 5.56. The van der Waals surface area contributed by atoms with Crippen LogP contribution >= 0.6 is 0 Å². The highest BCUT2D eigenvalue weighted by atomic mass is 16.6. The summed E-state index contributed by atoms with van der Waals surface area (Å²) >= 11 is 0. The van der Waals surface area contributed by atoms with Crippen LogP contribution in [0.1, 0.15) is 39.5 Å². The lowest BCUT2D eigenvalue weighted by molar-refractivity contribution is -0.142. The summed E-state index contributed by atoms with van der Waals surface area (Å²) in [7, 11) is 0. The first-order valence-corrected chi connectivity index (χ1v) is 6.38. The van der Waals surface area contributed by atoms with Gasteiger partial charge in [0.1, 0.15) is 0 Å². The molecule has 0 saturated carbocycles. The number of hydroxylamine groups is 1. The lowest BCUT2D eigenvalue weighted by Crippen LogP contribution is -2.45. The SMILES string of the molecule is CCCC(=O)N1CCCC(C(=O)NOCC)C1. The van der Waals surface area contributed by atoms with Gasteiger partial charge in [0, 0.05) is 19.5 Å². The normalized spacial score (nSPS) is 20.1. The number of carbonyl (C=O) groups is 2. The first-order valence-electron chi connectivity index (χ1n) is 6.38. The van der Waals surface area contributed by atoms with Gasteiger partial charge in [0.2, 0.25) is 11.8 Å². The van der Waals surface area contributed by atoms with E-state index in [9.17, 15) is 9.59 Å². The molecule has 0 radical (unpaired) electrons. The predicted molar refractivity (Wildman–Crippen MR) is 64.0 cm³/mol. The fourth-order valence-electron chi connectivity index (χ4n) is 2.02. The van der Waals surface area contributed by atoms with Crippen LogP contribution in [0.5, 0.6) is 0 Å². The Morgan fingerprint density at radius 3 is 2.82 bits per heavy atom. The molecule has 0 aromatic carbocycles. The van der Waals surface area contributed by atoms with E-state index in [2.05, 4.69) is 5.48 Å². The Labute approximate surface area is 102 Å². The largest absolute Gasteiger partial charge is 0.342 e. The van der Waals surface area contributed by atoms with Gasteiger partial charge in [-0.2, -0.15) is 0 Å². The van der Waals surface area contributed by atoms with E-state index in [1.165, 1.54) is 0 Å². The second-order valence-corrected chi connectivity index (χ2v) is 4.33. The molecule has 0 spiro atoms. The molecule has 1 aliphatic heterocycles. The van der Waals surface area contributed by atoms with Gasteiger partial charge >= 0.3 is 0 Å². The fraction of sp³-hybridized carbons (Fsp3) is 0.833. The summed E-state index contributed by atoms with van der Waals surface area (Å²) < 4.78 is 0. The van der Waals surface area contributed by atoms with Crippen molar-refractivity contribution in [2.45, 2.75) is 39.5 Å². The lowest BCUT2D eigenvalue weighted by Gasteiger charge is -2.31. The summed E-state index contributed by atoms with van der Waals surface area (Å²) in [4.78, 5) is 30.1. The number of nitrogens with zero attached hydrogens (tertiary/aromatic N) is 1. The molecule has 0 bridgehead atoms. The Morgan fingerprint density at radius 2 is 2.18 bits per heavy atom. The van der Waals surface area contributed by atoms with Crippen LogP contribution in [0.15, 0.2) is 0 Å². The van der Waals surface area contributed by atoms with Gasteiger partial charge in [-0.05, 0) is 26.2 Å². The smallest absolute Gasteiger partial charge is 0.248 e. The molecule has 1 aliphatic rings. The quantitative estimate of drug-likeness (QED) is 0.734. The molecule has 1 saturated heterocycles. The molecule has 0 aliphatic carbocycles. The average Bonchev–Trinajstić information content (AvgIpc) is 2.36. The number of hydrogen-bond donors (Lipinski definition) is 1. The van der Waals surface area contributed by atoms with E-state index in [-0.39, 0.29) is 17.7 Å². The minimum atomic E-state index is -0.129. The predicted octanol–water partition coefficient (Wildman–Crippen LogP) is 1.09. The second-order valence-electron chi connectivity index (χ2n) is 4.33. The van der Waals surface area contributed by atoms with Crippen LogP contribution < -0.4 is 5.48 Å². The highest BCUT2D eigenvalue weighted by Crippen LogP contribution is 2.17. The number of rotatable bonds is 5. The van der Waals surface area contributed by atoms with Gasteiger partial charge in [0.25, 0.3) is 0 Å². The topological polar surface area (TPSA) is 58.6 Å². The summed E-state index contributed by atoms with van der Waals surface area (Å²) in [5.74, 6) is -0.0848. The van der Waals surface area contributed by atoms with Crippen molar-refractivity contribution in [2.24, 2.45) is 5.92 Å². The first-order chi connectivity index (χ1) is 8.19. The van der Waals surface area contributed by atoms with Crippen molar-refractivity contribution < 1.29 is 14.4 Å². The maximum absolute atomic E-state index is 11.7. The molecule has 2 amide bonds. The van der Waals surface area contributed by atoms with Crippen LogP contribution in [0.25, 0.3) is 0 Å². The van der Waals surface area contributed by atoms with Crippen molar-refractivity contribution in [1.82, 2.24) is 10.4 Å². The Balaban J connectivity index is 2.42. The van der Waals surface area contributed by atoms with Gasteiger partial charge in [0.15, 0.2) is 0 Å². The summed E-state index contributed by atoms with van der Waals surface area (Å²) in [6, 6.07) is 0. The summed E-state index contributed by atoms with van der Waals surface area (Å²) in [6.07, 6.45) is 3.14. The molecule has 1 atom stereocenters. The zero-order valence-electron chi connectivity index (χ0n) is 10.7. The number of nitrogens with one attached hydrogen (secondary N) is 1. The Bertz CT molecular complexity index is 268. The molecular formula is C12H22N2O3. The molecule has 0 aromatic rings. The molecule has 1 rings (SSSR count). The van der Waals surface area contributed by atoms with Gasteiger partial charge in [-0.15, -0.1) is 0 Å². The first kappa shape index (κ1) is 14.0. The third-order valence-corrected chi connectivity index (χ3v) is 2.93. The van der Waals surface area contributed by atoms with Crippen molar-refractivity contribution in [3.05, 3.63) is 0 Å². The number of piperidine rings is 1. The van der Waals surface area contributed by atoms with Crippen molar-refractivity contribution in [3.63, 3.8) is 0 Å². The molecule has 5 nitrogen and oxygen atoms in total. The molecule has 17 heavy (non-hydrogen) atoms. The Kier molecular flexibility index (Phi) is 5.97. The van der Waals surface area contributed by atoms with E-state index in [1.54, 1.807) is 4.90 Å². The second kappa shape index (κ2) is 7.27. The molecule has 1 N–H and O–H groups in total. The van der Waals surface area contributed by atoms with E-state index in [0.717, 1.165) is 25.8 Å². The molecule has 98 valence electrons. The number of amides is 2. The van der Waals surface area contributed by atoms with Crippen LogP contribution in [0, 0.1) is 5.92 Å². The van der Waals surface area contributed by atoms with Crippen LogP contribution in [-0.2, 0) is 14.4 Å². The maximum atomic E-state index is 11.7. The Hall–Kier alpha value is -1.10. The number of hydrogen-bond acceptors (Lipinski definition) is 3. The third-order valence-electron chi connectivity index (χ3n) is 2.93. The van der Waals surface area contributed by atoms with Crippen LogP contribution in [0.2, 0.25) is 0 Å². The molecule has 1 unspecified atom stereocenters. The molecule has 1 fully saturated rings. The average molecular weight is 242 g/mol. The number of carbonyl (C=O) groups excluding carboxylic acids is 2. The van der Waals surface area contributed by atoms with Crippen LogP contribution in [0.3, 0.4) is 0 Å².